The number of hydrogen-bond acceptors (Lipinski definition) is 3. The Morgan fingerprint density at radius 3 is 2.90 bits per heavy atom. The zero-order valence-electron chi connectivity index (χ0n) is 12.3. The number of imidazole rings is 1. The van der Waals surface area contributed by atoms with E-state index in [9.17, 15) is 9.90 Å². The van der Waals surface area contributed by atoms with E-state index in [0.717, 1.165) is 44.3 Å². The molecular weight excluding hydrogens is 480 g/mol. The second-order valence-corrected chi connectivity index (χ2v) is 10.2. The van der Waals surface area contributed by atoms with Gasteiger partial charge >= 0.3 is 154 Å². The van der Waals surface area contributed by atoms with Crippen molar-refractivity contribution in [1.82, 2.24) is 9.38 Å². The van der Waals surface area contributed by atoms with Crippen LogP contribution in [0.25, 0.3) is 5.65 Å². The van der Waals surface area contributed by atoms with Crippen LogP contribution in [0.1, 0.15) is 38.5 Å². The maximum atomic E-state index is 12.2. The quantitative estimate of drug-likeness (QED) is 0.669. The molecule has 2 heterocycles. The standard InChI is InChI=1S/C15H18N3O2.Ra.H/c19-14(11-15(20)7-2-1-3-8-15)17-13-6-4-5-12-16-9-10-18(12)13;;/h4-6,10,20H,1-3,7-8,11H2,(H,17,19);;. The number of rotatable bonds is 3. The van der Waals surface area contributed by atoms with Crippen molar-refractivity contribution in [3.05, 3.63) is 24.4 Å². The molecule has 1 aliphatic rings. The number of pyridine rings is 1. The zero-order chi connectivity index (χ0) is 14.9. The number of aliphatic hydroxyl groups is 1. The van der Waals surface area contributed by atoms with Crippen LogP contribution in [0.4, 0.5) is 5.82 Å². The number of fused-ring (bicyclic) bond motifs is 1. The second kappa shape index (κ2) is 6.37. The Morgan fingerprint density at radius 2 is 2.14 bits per heavy atom. The summed E-state index contributed by atoms with van der Waals surface area (Å²) in [4.78, 5) is 16.7. The van der Waals surface area contributed by atoms with Crippen LogP contribution >= 0.6 is 0 Å². The molecule has 6 heteroatoms. The van der Waals surface area contributed by atoms with Crippen molar-refractivity contribution in [3.8, 4) is 0 Å². The van der Waals surface area contributed by atoms with E-state index in [4.69, 9.17) is 0 Å². The fourth-order valence-corrected chi connectivity index (χ4v) is 5.11. The van der Waals surface area contributed by atoms with Crippen molar-refractivity contribution < 1.29 is 52.7 Å². The molecule has 0 atom stereocenters. The molecule has 0 aliphatic heterocycles. The molecule has 5 nitrogen and oxygen atoms in total. The molecule has 0 unspecified atom stereocenters. The van der Waals surface area contributed by atoms with Crippen molar-refractivity contribution in [2.75, 3.05) is 5.32 Å². The Morgan fingerprint density at radius 1 is 1.38 bits per heavy atom. The van der Waals surface area contributed by atoms with E-state index in [1.807, 2.05) is 28.8 Å². The first-order valence-corrected chi connectivity index (χ1v) is 11.6. The summed E-state index contributed by atoms with van der Waals surface area (Å²) in [6.07, 6.45) is 6.79. The topological polar surface area (TPSA) is 66.6 Å². The molecule has 0 spiro atoms. The van der Waals surface area contributed by atoms with Gasteiger partial charge in [0, 0.05) is 0 Å². The van der Waals surface area contributed by atoms with Gasteiger partial charge in [0.25, 0.3) is 0 Å². The van der Waals surface area contributed by atoms with Gasteiger partial charge in [-0.2, -0.15) is 0 Å². The summed E-state index contributed by atoms with van der Waals surface area (Å²) >= 11 is 0.195. The third kappa shape index (κ3) is 3.68. The number of hydrogen-bond donors (Lipinski definition) is 2. The maximum absolute atomic E-state index is 12.2. The Balaban J connectivity index is 1.74. The van der Waals surface area contributed by atoms with E-state index >= 15 is 0 Å². The second-order valence-electron chi connectivity index (χ2n) is 6.03. The average Bonchev–Trinajstić information content (AvgIpc) is 2.80. The molecule has 0 bridgehead atoms. The molecule has 21 heavy (non-hydrogen) atoms. The monoisotopic (exact) mass is 499 g/mol. The van der Waals surface area contributed by atoms with Gasteiger partial charge in [-0.25, -0.2) is 0 Å². The molecule has 1 fully saturated rings. The number of amides is 1. The summed E-state index contributed by atoms with van der Waals surface area (Å²) in [5, 5.41) is 13.4. The van der Waals surface area contributed by atoms with Gasteiger partial charge in [0.2, 0.25) is 0 Å². The minimum absolute atomic E-state index is 0.122. The van der Waals surface area contributed by atoms with Gasteiger partial charge in [-0.3, -0.25) is 0 Å². The zero-order valence-corrected chi connectivity index (χ0v) is 20.5. The van der Waals surface area contributed by atoms with Gasteiger partial charge in [0.15, 0.2) is 0 Å². The van der Waals surface area contributed by atoms with Gasteiger partial charge in [-0.1, -0.05) is 0 Å². The van der Waals surface area contributed by atoms with Crippen LogP contribution in [-0.4, -0.2) is 26.0 Å². The summed E-state index contributed by atoms with van der Waals surface area (Å²) < 4.78 is 3.05. The number of aromatic nitrogens is 2. The van der Waals surface area contributed by atoms with Crippen LogP contribution in [0.2, 0.25) is 0 Å². The van der Waals surface area contributed by atoms with Crippen LogP contribution in [0.15, 0.2) is 24.4 Å². The molecule has 2 aromatic rings. The third-order valence-electron chi connectivity index (χ3n) is 4.15. The first-order valence-electron chi connectivity index (χ1n) is 7.53. The Bertz CT molecular complexity index is 662. The van der Waals surface area contributed by atoms with Crippen molar-refractivity contribution in [2.45, 2.75) is 44.1 Å². The third-order valence-corrected chi connectivity index (χ3v) is 6.13. The van der Waals surface area contributed by atoms with E-state index in [0.29, 0.717) is 0 Å². The number of carbonyl (C=O) groups excluding carboxylic acids is 1. The van der Waals surface area contributed by atoms with Crippen molar-refractivity contribution >= 4 is 18.1 Å². The van der Waals surface area contributed by atoms with Gasteiger partial charge < -0.3 is 0 Å². The number of nitrogens with one attached hydrogen (secondary N) is 1. The average molecular weight is 499 g/mol. The molecule has 0 saturated heterocycles. The fourth-order valence-electron chi connectivity index (χ4n) is 3.11. The molecule has 1 aliphatic carbocycles. The van der Waals surface area contributed by atoms with Crippen molar-refractivity contribution in [3.63, 3.8) is 0 Å². The predicted octanol–water partition coefficient (Wildman–Crippen LogP) is 1.26. The summed E-state index contributed by atoms with van der Waals surface area (Å²) in [5.74, 6) is 0.607. The van der Waals surface area contributed by atoms with E-state index in [1.54, 1.807) is 0 Å². The summed E-state index contributed by atoms with van der Waals surface area (Å²) in [7, 11) is 0. The van der Waals surface area contributed by atoms with Crippen LogP contribution in [0.5, 0.6) is 0 Å². The van der Waals surface area contributed by atoms with Crippen LogP contribution in [0, 0.1) is 42.8 Å². The van der Waals surface area contributed by atoms with Gasteiger partial charge in [0.05, 0.1) is 0 Å². The Labute approximate surface area is 152 Å². The van der Waals surface area contributed by atoms with E-state index in [1.165, 1.54) is 0 Å². The Kier molecular flexibility index (Phi) is 4.70. The van der Waals surface area contributed by atoms with Gasteiger partial charge in [-0.05, 0) is 0 Å². The van der Waals surface area contributed by atoms with Crippen LogP contribution in [0.3, 0.4) is 0 Å². The molecule has 2 N–H and O–H groups in total. The summed E-state index contributed by atoms with van der Waals surface area (Å²) in [6.45, 7) is 0. The molecule has 1 amide bonds. The van der Waals surface area contributed by atoms with E-state index < -0.39 is 5.60 Å². The van der Waals surface area contributed by atoms with Crippen molar-refractivity contribution in [1.29, 1.82) is 0 Å². The summed E-state index contributed by atoms with van der Waals surface area (Å²) in [6, 6.07) is 5.70. The molecular formula is C15H19N3O2Ra. The van der Waals surface area contributed by atoms with E-state index in [-0.39, 0.29) is 55.1 Å². The molecule has 2 aromatic heterocycles. The molecule has 108 valence electrons. The first kappa shape index (κ1) is 15.5. The van der Waals surface area contributed by atoms with Gasteiger partial charge in [0.1, 0.15) is 0 Å². The summed E-state index contributed by atoms with van der Waals surface area (Å²) in [5.41, 5.74) is 0.0436. The molecule has 0 radical (unpaired) electrons. The SMILES string of the molecule is O=C(CC1(O)CCCCC1)Nc1cccc2n[c]([RaH])cn12. The molecule has 3 rings (SSSR count). The van der Waals surface area contributed by atoms with Gasteiger partial charge in [-0.15, -0.1) is 0 Å². The number of anilines is 1. The minimum atomic E-state index is -0.821. The number of nitrogens with zero attached hydrogens (tertiary/aromatic N) is 2. The first-order chi connectivity index (χ1) is 10.1. The Hall–Kier alpha value is -0.412. The van der Waals surface area contributed by atoms with Crippen LogP contribution < -0.4 is 6.05 Å². The van der Waals surface area contributed by atoms with Crippen LogP contribution in [-0.2, 0) is 4.79 Å². The number of carbonyl (C=O) groups is 1. The normalized spacial score (nSPS) is 17.7. The fraction of sp³-hybridized carbons (Fsp3) is 0.467. The van der Waals surface area contributed by atoms with Crippen molar-refractivity contribution in [2.24, 2.45) is 0 Å². The predicted molar refractivity (Wildman–Crippen MR) is 77.5 cm³/mol. The molecule has 1 saturated carbocycles. The molecule has 0 aromatic carbocycles. The van der Waals surface area contributed by atoms with E-state index in [2.05, 4.69) is 10.3 Å².